The van der Waals surface area contributed by atoms with Gasteiger partial charge in [-0.1, -0.05) is 25.1 Å². The van der Waals surface area contributed by atoms with Gasteiger partial charge in [0.25, 0.3) is 5.91 Å². The lowest BCUT2D eigenvalue weighted by molar-refractivity contribution is -0.139. The van der Waals surface area contributed by atoms with Crippen LogP contribution in [0.1, 0.15) is 24.2 Å². The van der Waals surface area contributed by atoms with Gasteiger partial charge in [0.2, 0.25) is 5.91 Å². The number of nitrogens with one attached hydrogen (secondary N) is 2. The number of amides is 4. The second-order valence-electron chi connectivity index (χ2n) is 9.23. The number of benzene rings is 2. The van der Waals surface area contributed by atoms with Crippen LogP contribution >= 0.6 is 0 Å². The van der Waals surface area contributed by atoms with Crippen LogP contribution in [-0.2, 0) is 14.3 Å². The first kappa shape index (κ1) is 27.9. The van der Waals surface area contributed by atoms with Gasteiger partial charge in [0, 0.05) is 51.6 Å². The van der Waals surface area contributed by atoms with Crippen LogP contribution in [0.25, 0.3) is 0 Å². The van der Waals surface area contributed by atoms with Crippen molar-refractivity contribution < 1.29 is 28.6 Å². The Morgan fingerprint density at radius 2 is 1.73 bits per heavy atom. The fraction of sp³-hybridized carbons (Fsp3) is 0.444. The van der Waals surface area contributed by atoms with Crippen LogP contribution in [0.15, 0.2) is 48.5 Å². The molecule has 0 saturated carbocycles. The van der Waals surface area contributed by atoms with Crippen LogP contribution in [0.4, 0.5) is 16.2 Å². The number of hydrogen-bond acceptors (Lipinski definition) is 6. The number of carbonyl (C=O) groups excluding carboxylic acids is 3. The number of ether oxygens (including phenoxy) is 3. The van der Waals surface area contributed by atoms with Gasteiger partial charge in [0.05, 0.1) is 17.7 Å². The topological polar surface area (TPSA) is 109 Å². The normalized spacial score (nSPS) is 20.7. The summed E-state index contributed by atoms with van der Waals surface area (Å²) in [6.45, 7) is 4.75. The van der Waals surface area contributed by atoms with E-state index in [9.17, 15) is 14.4 Å². The Kier molecular flexibility index (Phi) is 9.87. The average molecular weight is 513 g/mol. The van der Waals surface area contributed by atoms with E-state index in [0.717, 1.165) is 0 Å². The van der Waals surface area contributed by atoms with Crippen molar-refractivity contribution >= 4 is 29.2 Å². The summed E-state index contributed by atoms with van der Waals surface area (Å²) in [5, 5.41) is 5.52. The lowest BCUT2D eigenvalue weighted by atomic mass is 10.0. The number of anilines is 2. The lowest BCUT2D eigenvalue weighted by Gasteiger charge is -2.36. The maximum Gasteiger partial charge on any atom is 0.323 e. The highest BCUT2D eigenvalue weighted by Gasteiger charge is 2.30. The van der Waals surface area contributed by atoms with E-state index in [1.54, 1.807) is 54.3 Å². The van der Waals surface area contributed by atoms with Gasteiger partial charge < -0.3 is 34.6 Å². The molecule has 1 aliphatic heterocycles. The van der Waals surface area contributed by atoms with Crippen LogP contribution in [0, 0.1) is 5.92 Å². The van der Waals surface area contributed by atoms with E-state index in [1.807, 2.05) is 32.0 Å². The smallest absolute Gasteiger partial charge is 0.323 e. The van der Waals surface area contributed by atoms with Crippen molar-refractivity contribution in [1.82, 2.24) is 9.80 Å². The molecule has 0 saturated heterocycles. The Balaban J connectivity index is 1.88. The van der Waals surface area contributed by atoms with Crippen LogP contribution in [0.2, 0.25) is 0 Å². The first-order valence-corrected chi connectivity index (χ1v) is 12.2. The second-order valence-corrected chi connectivity index (χ2v) is 9.23. The average Bonchev–Trinajstić information content (AvgIpc) is 2.88. The highest BCUT2D eigenvalue weighted by molar-refractivity contribution is 6.02. The molecule has 200 valence electrons. The summed E-state index contributed by atoms with van der Waals surface area (Å²) in [4.78, 5) is 42.1. The molecule has 4 amide bonds. The van der Waals surface area contributed by atoms with E-state index >= 15 is 0 Å². The number of rotatable bonds is 5. The van der Waals surface area contributed by atoms with E-state index in [2.05, 4.69) is 10.6 Å². The standard InChI is InChI=1S/C27H36N4O6/c1-18-14-31(25(32)17-35-4)19(2)16-37-23-12-11-21(29-27(34)28-20-9-7-6-8-10-20)13-22(23)26(33)30(3)15-24(18)36-5/h6-13,18-19,24H,14-17H2,1-5H3,(H2,28,29,34)/t18-,19+,24-/m0/s1. The number of hydrogen-bond donors (Lipinski definition) is 2. The van der Waals surface area contributed by atoms with Gasteiger partial charge in [-0.05, 0) is 37.3 Å². The summed E-state index contributed by atoms with van der Waals surface area (Å²) < 4.78 is 16.8. The Bertz CT molecular complexity index is 1080. The molecule has 0 bridgehead atoms. The summed E-state index contributed by atoms with van der Waals surface area (Å²) in [6, 6.07) is 13.2. The van der Waals surface area contributed by atoms with E-state index in [4.69, 9.17) is 14.2 Å². The Labute approximate surface area is 217 Å². The van der Waals surface area contributed by atoms with Gasteiger partial charge in [-0.25, -0.2) is 4.79 Å². The first-order valence-electron chi connectivity index (χ1n) is 12.2. The van der Waals surface area contributed by atoms with Gasteiger partial charge in [-0.3, -0.25) is 9.59 Å². The number of likely N-dealkylation sites (N-methyl/N-ethyl adjacent to an activating group) is 1. The molecular formula is C27H36N4O6. The zero-order chi connectivity index (χ0) is 26.9. The molecule has 1 aliphatic rings. The number of urea groups is 1. The molecular weight excluding hydrogens is 476 g/mol. The van der Waals surface area contributed by atoms with Gasteiger partial charge in [0.15, 0.2) is 0 Å². The van der Waals surface area contributed by atoms with Crippen molar-refractivity contribution in [3.8, 4) is 5.75 Å². The van der Waals surface area contributed by atoms with E-state index in [1.165, 1.54) is 7.11 Å². The molecule has 0 unspecified atom stereocenters. The Morgan fingerprint density at radius 1 is 1.03 bits per heavy atom. The minimum Gasteiger partial charge on any atom is -0.491 e. The predicted molar refractivity (Wildman–Crippen MR) is 141 cm³/mol. The molecule has 0 fully saturated rings. The fourth-order valence-corrected chi connectivity index (χ4v) is 4.22. The molecule has 10 nitrogen and oxygen atoms in total. The second kappa shape index (κ2) is 13.1. The van der Waals surface area contributed by atoms with Crippen molar-refractivity contribution in [2.24, 2.45) is 5.92 Å². The molecule has 3 atom stereocenters. The van der Waals surface area contributed by atoms with Gasteiger partial charge >= 0.3 is 6.03 Å². The predicted octanol–water partition coefficient (Wildman–Crippen LogP) is 3.31. The molecule has 0 aliphatic carbocycles. The van der Waals surface area contributed by atoms with Crippen LogP contribution in [0.3, 0.4) is 0 Å². The maximum absolute atomic E-state index is 13.5. The maximum atomic E-state index is 13.5. The van der Waals surface area contributed by atoms with Crippen LogP contribution in [0.5, 0.6) is 5.75 Å². The molecule has 37 heavy (non-hydrogen) atoms. The summed E-state index contributed by atoms with van der Waals surface area (Å²) in [7, 11) is 4.77. The van der Waals surface area contributed by atoms with Crippen molar-refractivity contribution in [3.63, 3.8) is 0 Å². The Hall–Kier alpha value is -3.63. The summed E-state index contributed by atoms with van der Waals surface area (Å²) in [5.41, 5.74) is 1.38. The van der Waals surface area contributed by atoms with E-state index in [-0.39, 0.29) is 43.1 Å². The molecule has 2 aromatic rings. The lowest BCUT2D eigenvalue weighted by Crippen LogP contribution is -2.49. The molecule has 0 radical (unpaired) electrons. The highest BCUT2D eigenvalue weighted by Crippen LogP contribution is 2.26. The highest BCUT2D eigenvalue weighted by atomic mass is 16.5. The number of carbonyl (C=O) groups is 3. The number of para-hydroxylation sites is 1. The first-order chi connectivity index (χ1) is 17.7. The van der Waals surface area contributed by atoms with Gasteiger partial charge in [-0.2, -0.15) is 0 Å². The number of fused-ring (bicyclic) bond motifs is 1. The quantitative estimate of drug-likeness (QED) is 0.636. The van der Waals surface area contributed by atoms with E-state index in [0.29, 0.717) is 35.8 Å². The molecule has 1 heterocycles. The van der Waals surface area contributed by atoms with Crippen LogP contribution < -0.4 is 15.4 Å². The van der Waals surface area contributed by atoms with Crippen molar-refractivity contribution in [2.45, 2.75) is 26.0 Å². The zero-order valence-electron chi connectivity index (χ0n) is 22.0. The van der Waals surface area contributed by atoms with Gasteiger partial charge in [-0.15, -0.1) is 0 Å². The third kappa shape index (κ3) is 7.43. The van der Waals surface area contributed by atoms with Crippen LogP contribution in [-0.4, -0.2) is 87.4 Å². The molecule has 0 aromatic heterocycles. The molecule has 2 aromatic carbocycles. The van der Waals surface area contributed by atoms with Gasteiger partial charge in [0.1, 0.15) is 19.0 Å². The third-order valence-electron chi connectivity index (χ3n) is 6.32. The SMILES string of the molecule is COCC(=O)N1C[C@H](C)[C@@H](OC)CN(C)C(=O)c2cc(NC(=O)Nc3ccccc3)ccc2OC[C@H]1C. The minimum atomic E-state index is -0.435. The van der Waals surface area contributed by atoms with Crippen molar-refractivity contribution in [1.29, 1.82) is 0 Å². The summed E-state index contributed by atoms with van der Waals surface area (Å²) >= 11 is 0. The monoisotopic (exact) mass is 512 g/mol. The molecule has 10 heteroatoms. The third-order valence-corrected chi connectivity index (χ3v) is 6.32. The largest absolute Gasteiger partial charge is 0.491 e. The molecule has 2 N–H and O–H groups in total. The summed E-state index contributed by atoms with van der Waals surface area (Å²) in [5.74, 6) is -0.112. The number of nitrogens with zero attached hydrogens (tertiary/aromatic N) is 2. The fourth-order valence-electron chi connectivity index (χ4n) is 4.22. The van der Waals surface area contributed by atoms with Crippen molar-refractivity contribution in [3.05, 3.63) is 54.1 Å². The summed E-state index contributed by atoms with van der Waals surface area (Å²) in [6.07, 6.45) is -0.305. The van der Waals surface area contributed by atoms with Crippen molar-refractivity contribution in [2.75, 3.05) is 58.2 Å². The Morgan fingerprint density at radius 3 is 2.41 bits per heavy atom. The zero-order valence-corrected chi connectivity index (χ0v) is 22.0. The number of methoxy groups -OCH3 is 2. The van der Waals surface area contributed by atoms with E-state index < -0.39 is 6.03 Å². The molecule has 3 rings (SSSR count). The molecule has 0 spiro atoms. The minimum absolute atomic E-state index is 0.0379.